The van der Waals surface area contributed by atoms with E-state index in [9.17, 15) is 13.2 Å². The average molecular weight is 207 g/mol. The second-order valence-electron chi connectivity index (χ2n) is 2.00. The molecule has 1 heterocycles. The lowest BCUT2D eigenvalue weighted by Crippen LogP contribution is -2.13. The first-order valence-corrected chi connectivity index (χ1v) is 5.21. The maximum atomic E-state index is 10.5. The lowest BCUT2D eigenvalue weighted by atomic mass is 10.3. The van der Waals surface area contributed by atoms with Gasteiger partial charge in [-0.2, -0.15) is 12.8 Å². The minimum atomic E-state index is -4.36. The quantitative estimate of drug-likeness (QED) is 0.568. The molecule has 1 N–H and O–H groups in total. The third kappa shape index (κ3) is 1.87. The molecule has 0 aliphatic heterocycles. The molecular formula is C5H5NO4S2. The summed E-state index contributed by atoms with van der Waals surface area (Å²) in [7, 11) is -4.36. The van der Waals surface area contributed by atoms with Crippen LogP contribution in [-0.4, -0.2) is 23.6 Å². The zero-order chi connectivity index (χ0) is 9.19. The van der Waals surface area contributed by atoms with E-state index in [1.54, 1.807) is 0 Å². The van der Waals surface area contributed by atoms with Crippen LogP contribution in [0.4, 0.5) is 0 Å². The Bertz CT molecular complexity index is 355. The Morgan fingerprint density at radius 1 is 1.67 bits per heavy atom. The lowest BCUT2D eigenvalue weighted by Gasteiger charge is -2.00. The van der Waals surface area contributed by atoms with Gasteiger partial charge in [0.2, 0.25) is 0 Å². The smallest absolute Gasteiger partial charge is 0.280 e. The molecular weight excluding hydrogens is 202 g/mol. The van der Waals surface area contributed by atoms with Gasteiger partial charge >= 0.3 is 0 Å². The highest BCUT2D eigenvalue weighted by Gasteiger charge is 2.25. The van der Waals surface area contributed by atoms with E-state index in [1.165, 1.54) is 11.4 Å². The summed E-state index contributed by atoms with van der Waals surface area (Å²) >= 11 is 1.01. The molecule has 1 rings (SSSR count). The second kappa shape index (κ2) is 3.30. The summed E-state index contributed by atoms with van der Waals surface area (Å²) in [4.78, 5) is 10.3. The number of rotatable bonds is 3. The van der Waals surface area contributed by atoms with Crippen molar-refractivity contribution in [2.45, 2.75) is 5.25 Å². The van der Waals surface area contributed by atoms with E-state index in [2.05, 4.69) is 4.37 Å². The number of hydrogen-bond acceptors (Lipinski definition) is 5. The second-order valence-corrected chi connectivity index (χ2v) is 4.20. The first-order valence-electron chi connectivity index (χ1n) is 2.87. The van der Waals surface area contributed by atoms with Crippen LogP contribution in [0.2, 0.25) is 0 Å². The molecule has 0 bridgehead atoms. The predicted octanol–water partition coefficient (Wildman–Crippen LogP) is 0.271. The van der Waals surface area contributed by atoms with Gasteiger partial charge in [0.1, 0.15) is 6.29 Å². The van der Waals surface area contributed by atoms with Gasteiger partial charge in [0.25, 0.3) is 10.1 Å². The summed E-state index contributed by atoms with van der Waals surface area (Å²) in [5.41, 5.74) is 0.0532. The summed E-state index contributed by atoms with van der Waals surface area (Å²) in [6, 6.07) is 1.37. The van der Waals surface area contributed by atoms with E-state index in [4.69, 9.17) is 4.55 Å². The maximum Gasteiger partial charge on any atom is 0.280 e. The maximum absolute atomic E-state index is 10.5. The number of aldehydes is 1. The Labute approximate surface area is 73.0 Å². The molecule has 0 spiro atoms. The zero-order valence-corrected chi connectivity index (χ0v) is 7.38. The van der Waals surface area contributed by atoms with Crippen LogP contribution >= 0.6 is 11.5 Å². The average Bonchev–Trinajstić information content (AvgIpc) is 2.38. The highest BCUT2D eigenvalue weighted by Crippen LogP contribution is 2.17. The van der Waals surface area contributed by atoms with Crippen molar-refractivity contribution in [2.24, 2.45) is 0 Å². The van der Waals surface area contributed by atoms with Crippen molar-refractivity contribution in [1.29, 1.82) is 0 Å². The van der Waals surface area contributed by atoms with E-state index in [0.717, 1.165) is 11.5 Å². The molecule has 7 heteroatoms. The molecule has 0 aliphatic carbocycles. The summed E-state index contributed by atoms with van der Waals surface area (Å²) in [5, 5.41) is -0.0273. The van der Waals surface area contributed by atoms with Crippen molar-refractivity contribution in [1.82, 2.24) is 4.37 Å². The number of carbonyl (C=O) groups is 1. The summed E-state index contributed by atoms with van der Waals surface area (Å²) in [6.07, 6.45) is 0.143. The highest BCUT2D eigenvalue weighted by molar-refractivity contribution is 7.86. The van der Waals surface area contributed by atoms with E-state index in [-0.39, 0.29) is 12.0 Å². The van der Waals surface area contributed by atoms with E-state index < -0.39 is 15.4 Å². The van der Waals surface area contributed by atoms with Crippen LogP contribution in [0.15, 0.2) is 11.4 Å². The fourth-order valence-corrected chi connectivity index (χ4v) is 1.86. The first kappa shape index (κ1) is 9.30. The third-order valence-electron chi connectivity index (χ3n) is 1.19. The predicted molar refractivity (Wildman–Crippen MR) is 42.5 cm³/mol. The van der Waals surface area contributed by atoms with Crippen molar-refractivity contribution in [3.63, 3.8) is 0 Å². The van der Waals surface area contributed by atoms with Crippen LogP contribution in [0.1, 0.15) is 10.9 Å². The lowest BCUT2D eigenvalue weighted by molar-refractivity contribution is -0.107. The molecule has 1 aromatic heterocycles. The van der Waals surface area contributed by atoms with E-state index in [0.29, 0.717) is 0 Å². The van der Waals surface area contributed by atoms with Gasteiger partial charge in [-0.25, -0.2) is 0 Å². The third-order valence-corrected chi connectivity index (χ3v) is 2.76. The Balaban J connectivity index is 3.08. The van der Waals surface area contributed by atoms with Crippen LogP contribution in [0.3, 0.4) is 0 Å². The molecule has 12 heavy (non-hydrogen) atoms. The molecule has 5 nitrogen and oxygen atoms in total. The minimum Gasteiger partial charge on any atom is -0.301 e. The minimum absolute atomic E-state index is 0.0532. The van der Waals surface area contributed by atoms with Gasteiger partial charge < -0.3 is 4.79 Å². The van der Waals surface area contributed by atoms with Crippen molar-refractivity contribution < 1.29 is 17.8 Å². The standard InChI is InChI=1S/C5H5NO4S2/c7-3-5(12(8,9)10)4-1-2-11-6-4/h1-3,5H,(H,8,9,10). The van der Waals surface area contributed by atoms with Crippen molar-refractivity contribution in [3.8, 4) is 0 Å². The van der Waals surface area contributed by atoms with E-state index in [1.807, 2.05) is 0 Å². The summed E-state index contributed by atoms with van der Waals surface area (Å²) < 4.78 is 33.3. The largest absolute Gasteiger partial charge is 0.301 e. The van der Waals surface area contributed by atoms with Gasteiger partial charge in [-0.3, -0.25) is 4.55 Å². The number of carbonyl (C=O) groups excluding carboxylic acids is 1. The Morgan fingerprint density at radius 3 is 2.67 bits per heavy atom. The molecule has 0 aliphatic rings. The van der Waals surface area contributed by atoms with Crippen LogP contribution in [0, 0.1) is 0 Å². The molecule has 1 aromatic rings. The van der Waals surface area contributed by atoms with Crippen LogP contribution < -0.4 is 0 Å². The topological polar surface area (TPSA) is 84.3 Å². The fourth-order valence-electron chi connectivity index (χ4n) is 0.661. The van der Waals surface area contributed by atoms with Crippen LogP contribution in [-0.2, 0) is 14.9 Å². The van der Waals surface area contributed by atoms with Gasteiger partial charge in [0.15, 0.2) is 5.25 Å². The normalized spacial score (nSPS) is 14.1. The van der Waals surface area contributed by atoms with Gasteiger partial charge in [0, 0.05) is 5.38 Å². The molecule has 66 valence electrons. The van der Waals surface area contributed by atoms with Gasteiger partial charge in [-0.15, -0.1) is 0 Å². The molecule has 0 saturated carbocycles. The van der Waals surface area contributed by atoms with E-state index >= 15 is 0 Å². The molecule has 0 fully saturated rings. The summed E-state index contributed by atoms with van der Waals surface area (Å²) in [6.45, 7) is 0. The molecule has 0 radical (unpaired) electrons. The fraction of sp³-hybridized carbons (Fsp3) is 0.200. The Hall–Kier alpha value is -0.790. The molecule has 1 unspecified atom stereocenters. The molecule has 0 amide bonds. The molecule has 1 atom stereocenters. The zero-order valence-electron chi connectivity index (χ0n) is 5.75. The van der Waals surface area contributed by atoms with Crippen LogP contribution in [0.5, 0.6) is 0 Å². The monoisotopic (exact) mass is 207 g/mol. The molecule has 0 aromatic carbocycles. The van der Waals surface area contributed by atoms with Gasteiger partial charge in [0.05, 0.1) is 5.69 Å². The number of nitrogens with zero attached hydrogens (tertiary/aromatic N) is 1. The number of aromatic nitrogens is 1. The summed E-state index contributed by atoms with van der Waals surface area (Å²) in [5.74, 6) is 0. The van der Waals surface area contributed by atoms with Crippen molar-refractivity contribution in [2.75, 3.05) is 0 Å². The Morgan fingerprint density at radius 2 is 2.33 bits per heavy atom. The first-order chi connectivity index (χ1) is 5.55. The van der Waals surface area contributed by atoms with Crippen molar-refractivity contribution >= 4 is 27.9 Å². The van der Waals surface area contributed by atoms with Crippen molar-refractivity contribution in [3.05, 3.63) is 17.1 Å². The molecule has 0 saturated heterocycles. The SMILES string of the molecule is O=CC(c1ccsn1)S(=O)(=O)O. The highest BCUT2D eigenvalue weighted by atomic mass is 32.2. The number of hydrogen-bond donors (Lipinski definition) is 1. The van der Waals surface area contributed by atoms with Gasteiger partial charge in [-0.1, -0.05) is 0 Å². The van der Waals surface area contributed by atoms with Crippen LogP contribution in [0.25, 0.3) is 0 Å². The Kier molecular flexibility index (Phi) is 2.55. The van der Waals surface area contributed by atoms with Gasteiger partial charge in [-0.05, 0) is 17.6 Å².